The van der Waals surface area contributed by atoms with Gasteiger partial charge in [0.15, 0.2) is 0 Å². The molecule has 0 aliphatic rings. The van der Waals surface area contributed by atoms with Crippen molar-refractivity contribution in [1.82, 2.24) is 5.32 Å². The van der Waals surface area contributed by atoms with Crippen LogP contribution in [0.5, 0.6) is 0 Å². The number of carbonyl (C=O) groups is 2. The SMILES string of the molecule is CCCCC/C=C\C/C=C\CCCCCCCCCC(=O)OC(/C=C/CCCCCCCCCCCC)C(COP(=O)(O)OCC[N+](C)(C)C)NC(=O)CCCCCCC/C=C/CCCCCCCCC. The van der Waals surface area contributed by atoms with Gasteiger partial charge in [-0.3, -0.25) is 18.6 Å². The number of hydrogen-bond acceptors (Lipinski definition) is 6. The van der Waals surface area contributed by atoms with Crippen LogP contribution in [0.4, 0.5) is 0 Å². The number of phosphoric acid groups is 1. The maximum absolute atomic E-state index is 13.5. The van der Waals surface area contributed by atoms with Crippen LogP contribution in [0, 0.1) is 0 Å². The first kappa shape index (κ1) is 69.0. The second-order valence-electron chi connectivity index (χ2n) is 21.5. The largest absolute Gasteiger partial charge is 0.472 e. The van der Waals surface area contributed by atoms with Crippen LogP contribution >= 0.6 is 7.82 Å². The summed E-state index contributed by atoms with van der Waals surface area (Å²) < 4.78 is 30.6. The van der Waals surface area contributed by atoms with E-state index in [0.29, 0.717) is 17.4 Å². The van der Waals surface area contributed by atoms with Gasteiger partial charge in [-0.1, -0.05) is 224 Å². The minimum atomic E-state index is -4.45. The topological polar surface area (TPSA) is 111 Å². The van der Waals surface area contributed by atoms with Crippen LogP contribution in [0.25, 0.3) is 0 Å². The predicted octanol–water partition coefficient (Wildman–Crippen LogP) is 18.1. The Kier molecular flexibility index (Phi) is 50.0. The molecule has 2 N–H and O–H groups in total. The van der Waals surface area contributed by atoms with Gasteiger partial charge in [-0.05, 0) is 89.5 Å². The molecule has 10 heteroatoms. The lowest BCUT2D eigenvalue weighted by molar-refractivity contribution is -0.870. The molecule has 0 fully saturated rings. The lowest BCUT2D eigenvalue weighted by Crippen LogP contribution is -2.47. The molecule has 416 valence electrons. The number of nitrogens with one attached hydrogen (secondary N) is 1. The molecule has 0 rings (SSSR count). The van der Waals surface area contributed by atoms with Gasteiger partial charge in [0.25, 0.3) is 0 Å². The van der Waals surface area contributed by atoms with Crippen molar-refractivity contribution in [3.63, 3.8) is 0 Å². The quantitative estimate of drug-likeness (QED) is 0.0205. The van der Waals surface area contributed by atoms with E-state index in [1.807, 2.05) is 33.3 Å². The lowest BCUT2D eigenvalue weighted by Gasteiger charge is -2.27. The van der Waals surface area contributed by atoms with Gasteiger partial charge in [-0.2, -0.15) is 0 Å². The summed E-state index contributed by atoms with van der Waals surface area (Å²) in [5, 5.41) is 3.05. The fourth-order valence-electron chi connectivity index (χ4n) is 8.55. The molecule has 0 spiro atoms. The van der Waals surface area contributed by atoms with Crippen molar-refractivity contribution in [1.29, 1.82) is 0 Å². The van der Waals surface area contributed by atoms with E-state index in [9.17, 15) is 19.0 Å². The first-order valence-electron chi connectivity index (χ1n) is 30.0. The molecule has 0 aromatic carbocycles. The van der Waals surface area contributed by atoms with Gasteiger partial charge in [0, 0.05) is 12.8 Å². The number of nitrogens with zero attached hydrogens (tertiary/aromatic N) is 1. The molecule has 71 heavy (non-hydrogen) atoms. The number of phosphoric ester groups is 1. The zero-order valence-corrected chi connectivity index (χ0v) is 48.4. The summed E-state index contributed by atoms with van der Waals surface area (Å²) in [4.78, 5) is 37.6. The summed E-state index contributed by atoms with van der Waals surface area (Å²) in [6.07, 6.45) is 62.4. The zero-order chi connectivity index (χ0) is 52.2. The Morgan fingerprint density at radius 1 is 0.493 bits per heavy atom. The Morgan fingerprint density at radius 3 is 1.31 bits per heavy atom. The highest BCUT2D eigenvalue weighted by Crippen LogP contribution is 2.43. The van der Waals surface area contributed by atoms with Crippen molar-refractivity contribution >= 4 is 19.7 Å². The number of carbonyl (C=O) groups excluding carboxylic acids is 2. The first-order valence-corrected chi connectivity index (χ1v) is 31.5. The Hall–Kier alpha value is -2.03. The molecule has 3 atom stereocenters. The van der Waals surface area contributed by atoms with E-state index in [4.69, 9.17) is 13.8 Å². The summed E-state index contributed by atoms with van der Waals surface area (Å²) in [7, 11) is 1.49. The predicted molar refractivity (Wildman–Crippen MR) is 305 cm³/mol. The van der Waals surface area contributed by atoms with Crippen LogP contribution in [-0.2, 0) is 27.9 Å². The van der Waals surface area contributed by atoms with Gasteiger partial charge >= 0.3 is 13.8 Å². The van der Waals surface area contributed by atoms with E-state index in [0.717, 1.165) is 96.3 Å². The van der Waals surface area contributed by atoms with Crippen molar-refractivity contribution < 1.29 is 37.3 Å². The van der Waals surface area contributed by atoms with Gasteiger partial charge in [0.2, 0.25) is 5.91 Å². The Balaban J connectivity index is 5.33. The average Bonchev–Trinajstić information content (AvgIpc) is 3.33. The molecule has 0 saturated heterocycles. The number of ether oxygens (including phenoxy) is 1. The second-order valence-corrected chi connectivity index (χ2v) is 23.0. The average molecular weight is 1020 g/mol. The van der Waals surface area contributed by atoms with Gasteiger partial charge in [0.1, 0.15) is 19.3 Å². The van der Waals surface area contributed by atoms with E-state index in [1.54, 1.807) is 0 Å². The van der Waals surface area contributed by atoms with E-state index in [2.05, 4.69) is 62.5 Å². The third-order valence-electron chi connectivity index (χ3n) is 13.2. The van der Waals surface area contributed by atoms with Gasteiger partial charge in [0.05, 0.1) is 33.8 Å². The number of likely N-dealkylation sites (N-methyl/N-ethyl adjacent to an activating group) is 1. The number of quaternary nitrogens is 1. The molecule has 0 aliphatic carbocycles. The Morgan fingerprint density at radius 2 is 0.859 bits per heavy atom. The maximum atomic E-state index is 13.5. The lowest BCUT2D eigenvalue weighted by atomic mass is 10.0. The molecule has 0 heterocycles. The normalized spacial score (nSPS) is 14.1. The minimum absolute atomic E-state index is 0.0374. The molecule has 0 aromatic rings. The van der Waals surface area contributed by atoms with E-state index < -0.39 is 20.0 Å². The molecule has 3 unspecified atom stereocenters. The van der Waals surface area contributed by atoms with E-state index in [-0.39, 0.29) is 31.5 Å². The Bertz CT molecular complexity index is 1360. The molecule has 0 aliphatic heterocycles. The van der Waals surface area contributed by atoms with E-state index >= 15 is 0 Å². The van der Waals surface area contributed by atoms with E-state index in [1.165, 1.54) is 148 Å². The van der Waals surface area contributed by atoms with Crippen molar-refractivity contribution in [3.05, 3.63) is 48.6 Å². The number of unbranched alkanes of at least 4 members (excludes halogenated alkanes) is 32. The van der Waals surface area contributed by atoms with Gasteiger partial charge in [-0.25, -0.2) is 4.57 Å². The highest BCUT2D eigenvalue weighted by molar-refractivity contribution is 7.47. The molecule has 9 nitrogen and oxygen atoms in total. The maximum Gasteiger partial charge on any atom is 0.472 e. The van der Waals surface area contributed by atoms with Crippen LogP contribution in [0.1, 0.15) is 278 Å². The molecule has 1 amide bonds. The fraction of sp³-hybridized carbons (Fsp3) is 0.836. The standard InChI is InChI=1S/C61H115N2O7P/c1-7-10-13-16-19-22-25-28-30-32-34-36-39-42-45-48-51-54-61(65)70-59(52-49-46-43-40-37-27-24-21-18-15-12-9-3)58(57-69-71(66,67)68-56-55-63(4,5)6)62-60(64)53-50-47-44-41-38-35-33-31-29-26-23-20-17-14-11-8-2/h19,22,28,30-31,33,49,52,58-59H,7-18,20-21,23-27,29,32,34-48,50-51,53-57H2,1-6H3,(H-,62,64,66,67)/p+1/b22-19-,30-28-,33-31+,52-49+. The summed E-state index contributed by atoms with van der Waals surface area (Å²) in [6, 6.07) is -0.854. The molecule has 0 saturated carbocycles. The van der Waals surface area contributed by atoms with Gasteiger partial charge in [-0.15, -0.1) is 0 Å². The summed E-state index contributed by atoms with van der Waals surface area (Å²) in [5.74, 6) is -0.518. The molecular weight excluding hydrogens is 904 g/mol. The number of esters is 1. The summed E-state index contributed by atoms with van der Waals surface area (Å²) in [6.45, 7) is 6.98. The van der Waals surface area contributed by atoms with Crippen molar-refractivity contribution in [3.8, 4) is 0 Å². The molecule has 0 aromatic heterocycles. The van der Waals surface area contributed by atoms with Crippen molar-refractivity contribution in [2.45, 2.75) is 290 Å². The molecule has 0 radical (unpaired) electrons. The van der Waals surface area contributed by atoms with Crippen LogP contribution in [-0.4, -0.2) is 74.3 Å². The monoisotopic (exact) mass is 1020 g/mol. The van der Waals surface area contributed by atoms with Crippen molar-refractivity contribution in [2.24, 2.45) is 0 Å². The Labute approximate surface area is 439 Å². The third kappa shape index (κ3) is 52.6. The number of allylic oxidation sites excluding steroid dienone is 7. The van der Waals surface area contributed by atoms with Crippen LogP contribution in [0.3, 0.4) is 0 Å². The zero-order valence-electron chi connectivity index (χ0n) is 47.5. The van der Waals surface area contributed by atoms with Crippen LogP contribution in [0.2, 0.25) is 0 Å². The number of rotatable bonds is 54. The number of amides is 1. The highest BCUT2D eigenvalue weighted by atomic mass is 31.2. The third-order valence-corrected chi connectivity index (χ3v) is 14.2. The molecular formula is C61H116N2O7P+. The van der Waals surface area contributed by atoms with Crippen molar-refractivity contribution in [2.75, 3.05) is 40.9 Å². The summed E-state index contributed by atoms with van der Waals surface area (Å²) >= 11 is 0. The number of hydrogen-bond donors (Lipinski definition) is 2. The first-order chi connectivity index (χ1) is 34.4. The second kappa shape index (κ2) is 51.5. The summed E-state index contributed by atoms with van der Waals surface area (Å²) in [5.41, 5.74) is 0. The smallest absolute Gasteiger partial charge is 0.456 e. The molecule has 0 bridgehead atoms. The fourth-order valence-corrected chi connectivity index (χ4v) is 9.29. The highest BCUT2D eigenvalue weighted by Gasteiger charge is 2.30. The van der Waals surface area contributed by atoms with Crippen LogP contribution < -0.4 is 5.32 Å². The minimum Gasteiger partial charge on any atom is -0.456 e. The van der Waals surface area contributed by atoms with Gasteiger partial charge < -0.3 is 19.4 Å². The van der Waals surface area contributed by atoms with Crippen LogP contribution in [0.15, 0.2) is 48.6 Å².